The maximum absolute atomic E-state index is 12.7. The van der Waals surface area contributed by atoms with Crippen molar-refractivity contribution in [2.75, 3.05) is 13.1 Å². The van der Waals surface area contributed by atoms with E-state index >= 15 is 0 Å². The molecule has 1 atom stereocenters. The number of hydrogen-bond donors (Lipinski definition) is 2. The Morgan fingerprint density at radius 3 is 2.81 bits per heavy atom. The van der Waals surface area contributed by atoms with Gasteiger partial charge in [0, 0.05) is 25.3 Å². The van der Waals surface area contributed by atoms with Crippen molar-refractivity contribution in [2.24, 2.45) is 0 Å². The molecule has 1 unspecified atom stereocenters. The zero-order chi connectivity index (χ0) is 19.4. The third kappa shape index (κ3) is 4.33. The van der Waals surface area contributed by atoms with Crippen LogP contribution < -0.4 is 10.6 Å². The van der Waals surface area contributed by atoms with E-state index in [0.29, 0.717) is 12.2 Å². The van der Waals surface area contributed by atoms with Gasteiger partial charge in [-0.3, -0.25) is 19.4 Å². The van der Waals surface area contributed by atoms with Crippen LogP contribution in [0, 0.1) is 0 Å². The van der Waals surface area contributed by atoms with E-state index in [-0.39, 0.29) is 42.6 Å². The number of hydrogen-bond acceptors (Lipinski definition) is 5. The van der Waals surface area contributed by atoms with Gasteiger partial charge in [0.05, 0.1) is 24.4 Å². The Kier molecular flexibility index (Phi) is 5.54. The maximum atomic E-state index is 12.7. The summed E-state index contributed by atoms with van der Waals surface area (Å²) in [7, 11) is 0. The van der Waals surface area contributed by atoms with Crippen LogP contribution in [0.2, 0.25) is 0 Å². The smallest absolute Gasteiger partial charge is 0.289 e. The van der Waals surface area contributed by atoms with Crippen LogP contribution in [0.1, 0.15) is 41.6 Å². The minimum absolute atomic E-state index is 0.00659. The van der Waals surface area contributed by atoms with Crippen molar-refractivity contribution in [3.05, 3.63) is 53.7 Å². The van der Waals surface area contributed by atoms with Crippen LogP contribution in [0.3, 0.4) is 0 Å². The normalized spacial score (nSPS) is 16.0. The van der Waals surface area contributed by atoms with Crippen LogP contribution in [-0.4, -0.2) is 46.7 Å². The number of nitrogens with one attached hydrogen (secondary N) is 2. The second kappa shape index (κ2) is 8.03. The second-order valence-corrected chi connectivity index (χ2v) is 6.70. The lowest BCUT2D eigenvalue weighted by Gasteiger charge is -2.32. The monoisotopic (exact) mass is 370 g/mol. The summed E-state index contributed by atoms with van der Waals surface area (Å²) >= 11 is 0. The minimum Gasteiger partial charge on any atom is -0.459 e. The van der Waals surface area contributed by atoms with Gasteiger partial charge in [0.15, 0.2) is 5.76 Å². The number of carbonyl (C=O) groups excluding carboxylic acids is 3. The molecule has 0 aliphatic carbocycles. The molecule has 3 heterocycles. The summed E-state index contributed by atoms with van der Waals surface area (Å²) in [6, 6.07) is 6.84. The molecule has 0 radical (unpaired) electrons. The van der Waals surface area contributed by atoms with E-state index in [4.69, 9.17) is 4.42 Å². The molecular formula is C19H22N4O4. The average Bonchev–Trinajstić information content (AvgIpc) is 3.18. The van der Waals surface area contributed by atoms with Gasteiger partial charge < -0.3 is 20.0 Å². The molecule has 0 saturated carbocycles. The standard InChI is InChI=1S/C19H22N4O4/c1-12(2)22-16(24)9-21-18(25)14-11-23(19(26)15-6-4-8-27-15)10-13-5-3-7-20-17(13)14/h3-8,12,14H,9-11H2,1-2H3,(H,21,25)(H,22,24). The lowest BCUT2D eigenvalue weighted by Crippen LogP contribution is -2.46. The van der Waals surface area contributed by atoms with Crippen LogP contribution in [0.5, 0.6) is 0 Å². The number of aromatic nitrogens is 1. The van der Waals surface area contributed by atoms with E-state index in [1.165, 1.54) is 6.26 Å². The van der Waals surface area contributed by atoms with E-state index in [0.717, 1.165) is 5.56 Å². The lowest BCUT2D eigenvalue weighted by atomic mass is 9.93. The topological polar surface area (TPSA) is 105 Å². The van der Waals surface area contributed by atoms with Gasteiger partial charge in [0.25, 0.3) is 5.91 Å². The third-order valence-corrected chi connectivity index (χ3v) is 4.23. The number of amides is 3. The number of nitrogens with zero attached hydrogens (tertiary/aromatic N) is 2. The molecule has 3 rings (SSSR count). The Hall–Kier alpha value is -3.16. The van der Waals surface area contributed by atoms with Crippen molar-refractivity contribution in [3.63, 3.8) is 0 Å². The maximum Gasteiger partial charge on any atom is 0.289 e. The summed E-state index contributed by atoms with van der Waals surface area (Å²) in [6.45, 7) is 4.08. The first-order valence-electron chi connectivity index (χ1n) is 8.79. The summed E-state index contributed by atoms with van der Waals surface area (Å²) in [4.78, 5) is 43.0. The SMILES string of the molecule is CC(C)NC(=O)CNC(=O)C1CN(C(=O)c2ccco2)Cc2cccnc21. The molecule has 0 bridgehead atoms. The summed E-state index contributed by atoms with van der Waals surface area (Å²) in [6.07, 6.45) is 3.05. The van der Waals surface area contributed by atoms with Gasteiger partial charge in [0.2, 0.25) is 11.8 Å². The van der Waals surface area contributed by atoms with Crippen LogP contribution in [-0.2, 0) is 16.1 Å². The number of fused-ring (bicyclic) bond motifs is 1. The number of carbonyl (C=O) groups is 3. The number of pyridine rings is 1. The summed E-state index contributed by atoms with van der Waals surface area (Å²) in [5, 5.41) is 5.36. The van der Waals surface area contributed by atoms with Crippen molar-refractivity contribution in [1.29, 1.82) is 0 Å². The van der Waals surface area contributed by atoms with Gasteiger partial charge in [0.1, 0.15) is 0 Å². The molecule has 2 aromatic heterocycles. The summed E-state index contributed by atoms with van der Waals surface area (Å²) in [5.41, 5.74) is 1.43. The van der Waals surface area contributed by atoms with Gasteiger partial charge >= 0.3 is 0 Å². The van der Waals surface area contributed by atoms with E-state index in [9.17, 15) is 14.4 Å². The Morgan fingerprint density at radius 2 is 2.11 bits per heavy atom. The summed E-state index contributed by atoms with van der Waals surface area (Å²) < 4.78 is 5.19. The number of furan rings is 1. The average molecular weight is 370 g/mol. The van der Waals surface area contributed by atoms with Gasteiger partial charge in [-0.25, -0.2) is 0 Å². The van der Waals surface area contributed by atoms with Crippen molar-refractivity contribution in [3.8, 4) is 0 Å². The molecule has 8 nitrogen and oxygen atoms in total. The fourth-order valence-corrected chi connectivity index (χ4v) is 3.06. The molecule has 0 saturated heterocycles. The van der Waals surface area contributed by atoms with Crippen molar-refractivity contribution < 1.29 is 18.8 Å². The first-order chi connectivity index (χ1) is 13.0. The fourth-order valence-electron chi connectivity index (χ4n) is 3.06. The molecule has 27 heavy (non-hydrogen) atoms. The zero-order valence-corrected chi connectivity index (χ0v) is 15.3. The van der Waals surface area contributed by atoms with Crippen LogP contribution in [0.25, 0.3) is 0 Å². The van der Waals surface area contributed by atoms with Crippen molar-refractivity contribution in [1.82, 2.24) is 20.5 Å². The molecule has 0 spiro atoms. The van der Waals surface area contributed by atoms with Gasteiger partial charge in [-0.05, 0) is 37.6 Å². The molecule has 0 fully saturated rings. The van der Waals surface area contributed by atoms with Gasteiger partial charge in [-0.1, -0.05) is 6.07 Å². The molecule has 8 heteroatoms. The van der Waals surface area contributed by atoms with E-state index in [2.05, 4.69) is 15.6 Å². The first kappa shape index (κ1) is 18.6. The van der Waals surface area contributed by atoms with Crippen molar-refractivity contribution >= 4 is 17.7 Å². The largest absolute Gasteiger partial charge is 0.459 e. The molecule has 1 aliphatic rings. The van der Waals surface area contributed by atoms with E-state index < -0.39 is 5.92 Å². The zero-order valence-electron chi connectivity index (χ0n) is 15.3. The third-order valence-electron chi connectivity index (χ3n) is 4.23. The van der Waals surface area contributed by atoms with Crippen LogP contribution in [0.4, 0.5) is 0 Å². The van der Waals surface area contributed by atoms with Gasteiger partial charge in [-0.2, -0.15) is 0 Å². The Bertz CT molecular complexity index is 832. The first-order valence-corrected chi connectivity index (χ1v) is 8.79. The lowest BCUT2D eigenvalue weighted by molar-refractivity contribution is -0.127. The van der Waals surface area contributed by atoms with Crippen LogP contribution in [0.15, 0.2) is 41.1 Å². The van der Waals surface area contributed by atoms with Crippen molar-refractivity contribution in [2.45, 2.75) is 32.4 Å². The minimum atomic E-state index is -0.652. The highest BCUT2D eigenvalue weighted by atomic mass is 16.3. The Labute approximate surface area is 156 Å². The number of rotatable bonds is 5. The molecule has 3 amide bonds. The fraction of sp³-hybridized carbons (Fsp3) is 0.368. The molecule has 142 valence electrons. The van der Waals surface area contributed by atoms with E-state index in [1.54, 1.807) is 29.3 Å². The molecule has 2 aromatic rings. The Morgan fingerprint density at radius 1 is 1.30 bits per heavy atom. The Balaban J connectivity index is 1.75. The highest BCUT2D eigenvalue weighted by Gasteiger charge is 2.34. The molecular weight excluding hydrogens is 348 g/mol. The predicted molar refractivity (Wildman–Crippen MR) is 96.7 cm³/mol. The quantitative estimate of drug-likeness (QED) is 0.819. The van der Waals surface area contributed by atoms with Crippen LogP contribution >= 0.6 is 0 Å². The van der Waals surface area contributed by atoms with E-state index in [1.807, 2.05) is 19.9 Å². The molecule has 0 aromatic carbocycles. The van der Waals surface area contributed by atoms with Gasteiger partial charge in [-0.15, -0.1) is 0 Å². The highest BCUT2D eigenvalue weighted by molar-refractivity contribution is 5.93. The predicted octanol–water partition coefficient (Wildman–Crippen LogP) is 1.05. The highest BCUT2D eigenvalue weighted by Crippen LogP contribution is 2.27. The second-order valence-electron chi connectivity index (χ2n) is 6.70. The summed E-state index contributed by atoms with van der Waals surface area (Å²) in [5.74, 6) is -1.33. The molecule has 1 aliphatic heterocycles. The molecule has 2 N–H and O–H groups in total.